The van der Waals surface area contributed by atoms with Crippen molar-refractivity contribution in [1.82, 2.24) is 5.32 Å². The quantitative estimate of drug-likeness (QED) is 0.608. The maximum absolute atomic E-state index is 11.9. The average Bonchev–Trinajstić information content (AvgIpc) is 2.45. The number of carbonyl (C=O) groups is 3. The Kier molecular flexibility index (Phi) is 5.86. The lowest BCUT2D eigenvalue weighted by Gasteiger charge is -2.14. The van der Waals surface area contributed by atoms with Gasteiger partial charge in [-0.1, -0.05) is 6.07 Å². The first kappa shape index (κ1) is 16.6. The number of nitrogens with one attached hydrogen (secondary N) is 2. The third-order valence-electron chi connectivity index (χ3n) is 3.07. The van der Waals surface area contributed by atoms with E-state index in [-0.39, 0.29) is 18.7 Å². The van der Waals surface area contributed by atoms with E-state index in [4.69, 9.17) is 10.8 Å². The Morgan fingerprint density at radius 3 is 2.57 bits per heavy atom. The van der Waals surface area contributed by atoms with Crippen molar-refractivity contribution < 1.29 is 19.5 Å². The van der Waals surface area contributed by atoms with E-state index in [2.05, 4.69) is 10.6 Å². The summed E-state index contributed by atoms with van der Waals surface area (Å²) in [5, 5.41) is 13.7. The van der Waals surface area contributed by atoms with Gasteiger partial charge < -0.3 is 21.5 Å². The molecular formula is C14H19N3O4. The maximum atomic E-state index is 11.9. The van der Waals surface area contributed by atoms with E-state index in [0.717, 1.165) is 0 Å². The second-order valence-electron chi connectivity index (χ2n) is 4.59. The number of carbonyl (C=O) groups excluding carboxylic acids is 2. The summed E-state index contributed by atoms with van der Waals surface area (Å²) in [4.78, 5) is 34.0. The number of carboxylic acid groups (broad SMARTS) is 1. The van der Waals surface area contributed by atoms with Gasteiger partial charge in [-0.25, -0.2) is 0 Å². The highest BCUT2D eigenvalue weighted by atomic mass is 16.4. The van der Waals surface area contributed by atoms with Crippen LogP contribution in [0.25, 0.3) is 0 Å². The molecule has 0 spiro atoms. The zero-order valence-electron chi connectivity index (χ0n) is 12.0. The van der Waals surface area contributed by atoms with E-state index in [1.165, 1.54) is 7.05 Å². The second kappa shape index (κ2) is 7.39. The van der Waals surface area contributed by atoms with Gasteiger partial charge in [-0.2, -0.15) is 0 Å². The largest absolute Gasteiger partial charge is 0.481 e. The summed E-state index contributed by atoms with van der Waals surface area (Å²) in [6.45, 7) is 1.71. The molecule has 1 atom stereocenters. The molecule has 114 valence electrons. The number of hydrogen-bond donors (Lipinski definition) is 4. The topological polar surface area (TPSA) is 122 Å². The monoisotopic (exact) mass is 293 g/mol. The van der Waals surface area contributed by atoms with Gasteiger partial charge in [0.2, 0.25) is 5.91 Å². The first-order valence-electron chi connectivity index (χ1n) is 6.46. The summed E-state index contributed by atoms with van der Waals surface area (Å²) in [6, 6.07) is 4.04. The van der Waals surface area contributed by atoms with Gasteiger partial charge in [-0.15, -0.1) is 0 Å². The predicted octanol–water partition coefficient (Wildman–Crippen LogP) is 0.485. The number of amides is 2. The van der Waals surface area contributed by atoms with Crippen LogP contribution < -0.4 is 16.4 Å². The van der Waals surface area contributed by atoms with Crippen LogP contribution in [-0.4, -0.2) is 36.0 Å². The van der Waals surface area contributed by atoms with E-state index < -0.39 is 17.9 Å². The molecule has 0 aliphatic rings. The van der Waals surface area contributed by atoms with Gasteiger partial charge in [0.05, 0.1) is 6.04 Å². The number of aliphatic carboxylic acids is 1. The molecule has 0 fully saturated rings. The molecule has 1 unspecified atom stereocenters. The molecule has 0 heterocycles. The van der Waals surface area contributed by atoms with Crippen molar-refractivity contribution in [2.75, 3.05) is 12.4 Å². The van der Waals surface area contributed by atoms with Crippen LogP contribution in [0.2, 0.25) is 0 Å². The highest BCUT2D eigenvalue weighted by Gasteiger charge is 2.17. The van der Waals surface area contributed by atoms with Crippen LogP contribution in [0.3, 0.4) is 0 Å². The minimum Gasteiger partial charge on any atom is -0.481 e. The van der Waals surface area contributed by atoms with Gasteiger partial charge in [-0.05, 0) is 31.0 Å². The third-order valence-corrected chi connectivity index (χ3v) is 3.07. The SMILES string of the molecule is CNC(=O)c1cccc(NC(=O)C(N)CCC(=O)O)c1C. The van der Waals surface area contributed by atoms with E-state index >= 15 is 0 Å². The van der Waals surface area contributed by atoms with Gasteiger partial charge >= 0.3 is 5.97 Å². The molecule has 0 saturated carbocycles. The highest BCUT2D eigenvalue weighted by Crippen LogP contribution is 2.19. The highest BCUT2D eigenvalue weighted by molar-refractivity contribution is 6.00. The van der Waals surface area contributed by atoms with Gasteiger partial charge in [0, 0.05) is 24.7 Å². The van der Waals surface area contributed by atoms with Gasteiger partial charge in [0.25, 0.3) is 5.91 Å². The van der Waals surface area contributed by atoms with Crippen molar-refractivity contribution >= 4 is 23.5 Å². The van der Waals surface area contributed by atoms with Crippen LogP contribution >= 0.6 is 0 Å². The van der Waals surface area contributed by atoms with Crippen LogP contribution in [0.1, 0.15) is 28.8 Å². The van der Waals surface area contributed by atoms with E-state index in [1.54, 1.807) is 25.1 Å². The molecule has 0 aliphatic carbocycles. The zero-order chi connectivity index (χ0) is 16.0. The summed E-state index contributed by atoms with van der Waals surface area (Å²) in [5.41, 5.74) is 7.19. The van der Waals surface area contributed by atoms with Gasteiger partial charge in [-0.3, -0.25) is 14.4 Å². The standard InChI is InChI=1S/C14H19N3O4/c1-8-9(13(20)16-2)4-3-5-11(8)17-14(21)10(15)6-7-12(18)19/h3-5,10H,6-7,15H2,1-2H3,(H,16,20)(H,17,21)(H,18,19). The summed E-state index contributed by atoms with van der Waals surface area (Å²) < 4.78 is 0. The lowest BCUT2D eigenvalue weighted by Crippen LogP contribution is -2.36. The summed E-state index contributed by atoms with van der Waals surface area (Å²) in [7, 11) is 1.52. The molecule has 7 nitrogen and oxygen atoms in total. The Bertz CT molecular complexity index is 557. The van der Waals surface area contributed by atoms with Crippen LogP contribution in [-0.2, 0) is 9.59 Å². The predicted molar refractivity (Wildman–Crippen MR) is 78.0 cm³/mol. The lowest BCUT2D eigenvalue weighted by atomic mass is 10.1. The number of hydrogen-bond acceptors (Lipinski definition) is 4. The van der Waals surface area contributed by atoms with Gasteiger partial charge in [0.15, 0.2) is 0 Å². The van der Waals surface area contributed by atoms with Crippen molar-refractivity contribution in [3.05, 3.63) is 29.3 Å². The van der Waals surface area contributed by atoms with Crippen molar-refractivity contribution in [2.45, 2.75) is 25.8 Å². The Morgan fingerprint density at radius 1 is 1.33 bits per heavy atom. The zero-order valence-corrected chi connectivity index (χ0v) is 12.0. The van der Waals surface area contributed by atoms with Crippen LogP contribution in [0, 0.1) is 6.92 Å². The van der Waals surface area contributed by atoms with Crippen LogP contribution in [0.5, 0.6) is 0 Å². The smallest absolute Gasteiger partial charge is 0.303 e. The molecular weight excluding hydrogens is 274 g/mol. The van der Waals surface area contributed by atoms with Crippen LogP contribution in [0.15, 0.2) is 18.2 Å². The number of anilines is 1. The molecule has 0 saturated heterocycles. The second-order valence-corrected chi connectivity index (χ2v) is 4.59. The molecule has 7 heteroatoms. The number of benzene rings is 1. The normalized spacial score (nSPS) is 11.6. The Hall–Kier alpha value is -2.41. The van der Waals surface area contributed by atoms with Gasteiger partial charge in [0.1, 0.15) is 0 Å². The fourth-order valence-corrected chi connectivity index (χ4v) is 1.79. The molecule has 0 aliphatic heterocycles. The molecule has 21 heavy (non-hydrogen) atoms. The van der Waals surface area contributed by atoms with E-state index in [1.807, 2.05) is 0 Å². The molecule has 2 amide bonds. The van der Waals surface area contributed by atoms with Crippen molar-refractivity contribution in [3.8, 4) is 0 Å². The minimum atomic E-state index is -1.00. The Labute approximate surface area is 122 Å². The number of carboxylic acids is 1. The summed E-state index contributed by atoms with van der Waals surface area (Å²) in [6.07, 6.45) is -0.124. The summed E-state index contributed by atoms with van der Waals surface area (Å²) in [5.74, 6) is -1.73. The van der Waals surface area contributed by atoms with Crippen LogP contribution in [0.4, 0.5) is 5.69 Å². The first-order chi connectivity index (χ1) is 9.86. The lowest BCUT2D eigenvalue weighted by molar-refractivity contribution is -0.137. The molecule has 1 aromatic rings. The Morgan fingerprint density at radius 2 is 2.00 bits per heavy atom. The van der Waals surface area contributed by atoms with E-state index in [9.17, 15) is 14.4 Å². The minimum absolute atomic E-state index is 0.0509. The summed E-state index contributed by atoms with van der Waals surface area (Å²) >= 11 is 0. The Balaban J connectivity index is 2.81. The molecule has 1 aromatic carbocycles. The molecule has 1 rings (SSSR count). The molecule has 5 N–H and O–H groups in total. The molecule has 0 radical (unpaired) electrons. The molecule has 0 aromatic heterocycles. The van der Waals surface area contributed by atoms with Crippen molar-refractivity contribution in [1.29, 1.82) is 0 Å². The maximum Gasteiger partial charge on any atom is 0.303 e. The first-order valence-corrected chi connectivity index (χ1v) is 6.46. The third kappa shape index (κ3) is 4.57. The van der Waals surface area contributed by atoms with Crippen molar-refractivity contribution in [2.24, 2.45) is 5.73 Å². The van der Waals surface area contributed by atoms with E-state index in [0.29, 0.717) is 16.8 Å². The fraction of sp³-hybridized carbons (Fsp3) is 0.357. The van der Waals surface area contributed by atoms with Crippen molar-refractivity contribution in [3.63, 3.8) is 0 Å². The fourth-order valence-electron chi connectivity index (χ4n) is 1.79. The number of rotatable bonds is 6. The molecule has 0 bridgehead atoms. The average molecular weight is 293 g/mol. The number of nitrogens with two attached hydrogens (primary N) is 1.